The van der Waals surface area contributed by atoms with E-state index >= 15 is 0 Å². The lowest BCUT2D eigenvalue weighted by atomic mass is 10.0. The van der Waals surface area contributed by atoms with Crippen molar-refractivity contribution in [3.8, 4) is 0 Å². The first-order chi connectivity index (χ1) is 6.40. The zero-order chi connectivity index (χ0) is 10.8. The number of alkyl halides is 3. The van der Waals surface area contributed by atoms with E-state index in [1.165, 1.54) is 12.1 Å². The van der Waals surface area contributed by atoms with Gasteiger partial charge in [-0.15, -0.1) is 0 Å². The van der Waals surface area contributed by atoms with Crippen molar-refractivity contribution in [2.45, 2.75) is 18.6 Å². The molecule has 1 aromatic rings. The zero-order valence-corrected chi connectivity index (χ0v) is 7.94. The minimum atomic E-state index is -4.27. The van der Waals surface area contributed by atoms with Crippen molar-refractivity contribution >= 4 is 11.6 Å². The number of nitrogens with two attached hydrogens (primary N) is 1. The topological polar surface area (TPSA) is 26.0 Å². The minimum absolute atomic E-state index is 0.268. The van der Waals surface area contributed by atoms with Crippen molar-refractivity contribution in [1.29, 1.82) is 0 Å². The summed E-state index contributed by atoms with van der Waals surface area (Å²) in [5.74, 6) is 0. The molecule has 0 aliphatic rings. The Bertz CT molecular complexity index is 311. The van der Waals surface area contributed by atoms with Gasteiger partial charge in [0.25, 0.3) is 0 Å². The lowest BCUT2D eigenvalue weighted by Crippen LogP contribution is -2.20. The van der Waals surface area contributed by atoms with Gasteiger partial charge in [0.15, 0.2) is 0 Å². The van der Waals surface area contributed by atoms with E-state index in [-0.39, 0.29) is 5.02 Å². The second kappa shape index (κ2) is 4.19. The van der Waals surface area contributed by atoms with Crippen molar-refractivity contribution < 1.29 is 13.2 Å². The normalized spacial score (nSPS) is 14.1. The van der Waals surface area contributed by atoms with E-state index in [4.69, 9.17) is 17.3 Å². The molecular weight excluding hydrogens is 215 g/mol. The zero-order valence-electron chi connectivity index (χ0n) is 7.18. The Balaban J connectivity index is 2.80. The van der Waals surface area contributed by atoms with E-state index in [1.807, 2.05) is 0 Å². The summed E-state index contributed by atoms with van der Waals surface area (Å²) in [4.78, 5) is 0. The average molecular weight is 224 g/mol. The summed E-state index contributed by atoms with van der Waals surface area (Å²) in [7, 11) is 0. The summed E-state index contributed by atoms with van der Waals surface area (Å²) in [6, 6.07) is 5.18. The Kier molecular flexibility index (Phi) is 3.39. The fourth-order valence-corrected chi connectivity index (χ4v) is 1.41. The number of hydrogen-bond acceptors (Lipinski definition) is 1. The predicted octanol–water partition coefficient (Wildman–Crippen LogP) is 3.29. The predicted molar refractivity (Wildman–Crippen MR) is 49.1 cm³/mol. The summed E-state index contributed by atoms with van der Waals surface area (Å²) in [5, 5.41) is 0.268. The highest BCUT2D eigenvalue weighted by atomic mass is 35.5. The first-order valence-corrected chi connectivity index (χ1v) is 4.35. The maximum absolute atomic E-state index is 12.0. The maximum atomic E-state index is 12.0. The third kappa shape index (κ3) is 3.20. The molecule has 1 nitrogen and oxygen atoms in total. The molecule has 0 aliphatic heterocycles. The summed E-state index contributed by atoms with van der Waals surface area (Å²) in [5.41, 5.74) is 5.70. The lowest BCUT2D eigenvalue weighted by Gasteiger charge is -2.15. The van der Waals surface area contributed by atoms with E-state index in [2.05, 4.69) is 0 Å². The first-order valence-electron chi connectivity index (χ1n) is 3.97. The van der Waals surface area contributed by atoms with Crippen molar-refractivity contribution in [3.63, 3.8) is 0 Å². The van der Waals surface area contributed by atoms with E-state index in [9.17, 15) is 13.2 Å². The van der Waals surface area contributed by atoms with Crippen molar-refractivity contribution in [1.82, 2.24) is 0 Å². The molecule has 0 saturated carbocycles. The van der Waals surface area contributed by atoms with Crippen LogP contribution in [0.3, 0.4) is 0 Å². The molecule has 0 heterocycles. The molecule has 2 N–H and O–H groups in total. The number of hydrogen-bond donors (Lipinski definition) is 1. The van der Waals surface area contributed by atoms with Crippen LogP contribution in [0.1, 0.15) is 18.0 Å². The number of rotatable bonds is 2. The molecule has 0 aliphatic carbocycles. The lowest BCUT2D eigenvalue weighted by molar-refractivity contribution is -0.138. The van der Waals surface area contributed by atoms with E-state index in [0.717, 1.165) is 0 Å². The Hall–Kier alpha value is -0.740. The quantitative estimate of drug-likeness (QED) is 0.818. The van der Waals surface area contributed by atoms with Crippen LogP contribution in [0.15, 0.2) is 24.3 Å². The molecule has 0 spiro atoms. The number of halogens is 4. The monoisotopic (exact) mass is 223 g/mol. The van der Waals surface area contributed by atoms with Crippen LogP contribution in [0.4, 0.5) is 13.2 Å². The van der Waals surface area contributed by atoms with Gasteiger partial charge in [-0.2, -0.15) is 13.2 Å². The van der Waals surface area contributed by atoms with Crippen LogP contribution < -0.4 is 5.73 Å². The van der Waals surface area contributed by atoms with Gasteiger partial charge in [-0.1, -0.05) is 29.8 Å². The van der Waals surface area contributed by atoms with Gasteiger partial charge in [-0.05, 0) is 11.6 Å². The molecule has 0 fully saturated rings. The second-order valence-electron chi connectivity index (χ2n) is 2.95. The van der Waals surface area contributed by atoms with Crippen LogP contribution in [0, 0.1) is 0 Å². The fourth-order valence-electron chi connectivity index (χ4n) is 1.14. The van der Waals surface area contributed by atoms with Crippen LogP contribution in [-0.2, 0) is 0 Å². The van der Waals surface area contributed by atoms with Crippen LogP contribution in [0.5, 0.6) is 0 Å². The van der Waals surface area contributed by atoms with Gasteiger partial charge < -0.3 is 5.73 Å². The van der Waals surface area contributed by atoms with Crippen molar-refractivity contribution in [2.24, 2.45) is 5.73 Å². The van der Waals surface area contributed by atoms with Gasteiger partial charge in [-0.3, -0.25) is 0 Å². The summed E-state index contributed by atoms with van der Waals surface area (Å²) < 4.78 is 36.0. The fraction of sp³-hybridized carbons (Fsp3) is 0.333. The molecular formula is C9H9ClF3N. The van der Waals surface area contributed by atoms with Gasteiger partial charge in [0.2, 0.25) is 0 Å². The maximum Gasteiger partial charge on any atom is 0.390 e. The Morgan fingerprint density at radius 1 is 1.29 bits per heavy atom. The van der Waals surface area contributed by atoms with Gasteiger partial charge in [-0.25, -0.2) is 0 Å². The van der Waals surface area contributed by atoms with Gasteiger partial charge in [0, 0.05) is 11.1 Å². The molecule has 1 atom stereocenters. The Labute approximate surface area is 84.7 Å². The standard InChI is InChI=1S/C9H9ClF3N/c10-7-4-2-1-3-6(7)8(14)5-9(11,12)13/h1-4,8H,5,14H2. The average Bonchev–Trinajstić information content (AvgIpc) is 2.01. The SMILES string of the molecule is NC(CC(F)(F)F)c1ccccc1Cl. The smallest absolute Gasteiger partial charge is 0.324 e. The van der Waals surface area contributed by atoms with Gasteiger partial charge in [0.05, 0.1) is 6.42 Å². The Morgan fingerprint density at radius 3 is 2.36 bits per heavy atom. The van der Waals surface area contributed by atoms with Crippen LogP contribution in [0.25, 0.3) is 0 Å². The van der Waals surface area contributed by atoms with Gasteiger partial charge in [0.1, 0.15) is 0 Å². The molecule has 0 amide bonds. The third-order valence-electron chi connectivity index (χ3n) is 1.76. The highest BCUT2D eigenvalue weighted by Gasteiger charge is 2.31. The van der Waals surface area contributed by atoms with Crippen LogP contribution in [0.2, 0.25) is 5.02 Å². The highest BCUT2D eigenvalue weighted by molar-refractivity contribution is 6.31. The van der Waals surface area contributed by atoms with E-state index in [0.29, 0.717) is 5.56 Å². The molecule has 0 bridgehead atoms. The van der Waals surface area contributed by atoms with E-state index in [1.54, 1.807) is 12.1 Å². The highest BCUT2D eigenvalue weighted by Crippen LogP contribution is 2.30. The molecule has 14 heavy (non-hydrogen) atoms. The minimum Gasteiger partial charge on any atom is -0.324 e. The summed E-state index contributed by atoms with van der Waals surface area (Å²) in [6.07, 6.45) is -5.32. The molecule has 1 aromatic carbocycles. The molecule has 1 rings (SSSR count). The second-order valence-corrected chi connectivity index (χ2v) is 3.35. The summed E-state index contributed by atoms with van der Waals surface area (Å²) >= 11 is 5.70. The van der Waals surface area contributed by atoms with Crippen molar-refractivity contribution in [2.75, 3.05) is 0 Å². The largest absolute Gasteiger partial charge is 0.390 e. The van der Waals surface area contributed by atoms with Crippen LogP contribution in [-0.4, -0.2) is 6.18 Å². The van der Waals surface area contributed by atoms with Gasteiger partial charge >= 0.3 is 6.18 Å². The molecule has 0 radical (unpaired) electrons. The molecule has 0 saturated heterocycles. The van der Waals surface area contributed by atoms with Crippen molar-refractivity contribution in [3.05, 3.63) is 34.9 Å². The van der Waals surface area contributed by atoms with E-state index < -0.39 is 18.6 Å². The summed E-state index contributed by atoms with van der Waals surface area (Å²) in [6.45, 7) is 0. The molecule has 1 unspecified atom stereocenters. The third-order valence-corrected chi connectivity index (χ3v) is 2.10. The van der Waals surface area contributed by atoms with Crippen LogP contribution >= 0.6 is 11.6 Å². The molecule has 78 valence electrons. The molecule has 0 aromatic heterocycles. The number of benzene rings is 1. The first kappa shape index (κ1) is 11.3. The Morgan fingerprint density at radius 2 is 1.86 bits per heavy atom. The molecule has 5 heteroatoms.